The minimum Gasteiger partial charge on any atom is -0.346 e. The molecule has 21 heavy (non-hydrogen) atoms. The van der Waals surface area contributed by atoms with Crippen molar-refractivity contribution < 1.29 is 4.79 Å². The highest BCUT2D eigenvalue weighted by Gasteiger charge is 2.10. The summed E-state index contributed by atoms with van der Waals surface area (Å²) in [6.07, 6.45) is 0. The van der Waals surface area contributed by atoms with E-state index in [1.165, 1.54) is 16.0 Å². The summed E-state index contributed by atoms with van der Waals surface area (Å²) < 4.78 is 1.16. The molecule has 2 aromatic rings. The highest BCUT2D eigenvalue weighted by Crippen LogP contribution is 2.37. The molecule has 0 bridgehead atoms. The third kappa shape index (κ3) is 5.53. The average molecular weight is 341 g/mol. The molecule has 0 unspecified atom stereocenters. The van der Waals surface area contributed by atoms with Crippen molar-refractivity contribution >= 4 is 41.5 Å². The standard InChI is InChI=1S/C14H14OS3.C2H5.CH4/c1-8-6-11(16)7-9(2)14(8)18-13-5-4-12(17-13)10(3)15;1-2;/h4-7,16H,1-3H3;1H2,2H3;1H4/q;-1;/p+1. The van der Waals surface area contributed by atoms with E-state index in [1.54, 1.807) is 36.9 Å². The van der Waals surface area contributed by atoms with Crippen molar-refractivity contribution in [3.8, 4) is 0 Å². The molecule has 4 heteroatoms. The van der Waals surface area contributed by atoms with Crippen LogP contribution in [-0.4, -0.2) is 5.78 Å². The lowest BCUT2D eigenvalue weighted by Crippen LogP contribution is -1.86. The van der Waals surface area contributed by atoms with Crippen molar-refractivity contribution in [2.45, 2.75) is 49.1 Å². The van der Waals surface area contributed by atoms with Gasteiger partial charge in [0, 0.05) is 4.90 Å². The van der Waals surface area contributed by atoms with Crippen molar-refractivity contribution in [1.82, 2.24) is 0 Å². The second-order valence-electron chi connectivity index (χ2n) is 4.22. The van der Waals surface area contributed by atoms with E-state index in [4.69, 9.17) is 0 Å². The fourth-order valence-electron chi connectivity index (χ4n) is 1.78. The molecule has 116 valence electrons. The van der Waals surface area contributed by atoms with Gasteiger partial charge >= 0.3 is 0 Å². The zero-order valence-electron chi connectivity index (χ0n) is 12.2. The largest absolute Gasteiger partial charge is 0.346 e. The fraction of sp³-hybridized carbons (Fsp3) is 0.294. The maximum atomic E-state index is 11.3. The molecule has 2 rings (SSSR count). The van der Waals surface area contributed by atoms with Gasteiger partial charge in [0.2, 0.25) is 0 Å². The molecule has 0 aliphatic rings. The lowest BCUT2D eigenvalue weighted by molar-refractivity contribution is 0.102. The van der Waals surface area contributed by atoms with E-state index >= 15 is 0 Å². The van der Waals surface area contributed by atoms with Crippen LogP contribution in [0.4, 0.5) is 0 Å². The Morgan fingerprint density at radius 1 is 1.19 bits per heavy atom. The molecule has 0 saturated carbocycles. The van der Waals surface area contributed by atoms with Gasteiger partial charge in [0.1, 0.15) is 0 Å². The van der Waals surface area contributed by atoms with Crippen LogP contribution in [0.25, 0.3) is 0 Å². The molecule has 0 N–H and O–H groups in total. The Hall–Kier alpha value is -0.710. The van der Waals surface area contributed by atoms with Crippen LogP contribution in [0.2, 0.25) is 0 Å². The van der Waals surface area contributed by atoms with E-state index in [2.05, 4.69) is 45.5 Å². The van der Waals surface area contributed by atoms with E-state index in [0.717, 1.165) is 14.0 Å². The summed E-state index contributed by atoms with van der Waals surface area (Å²) in [5, 5.41) is 0. The van der Waals surface area contributed by atoms with E-state index in [9.17, 15) is 4.79 Å². The topological polar surface area (TPSA) is 17.1 Å². The lowest BCUT2D eigenvalue weighted by Gasteiger charge is -2.07. The molecular weight excluding hydrogens is 316 g/mol. The van der Waals surface area contributed by atoms with Gasteiger partial charge in [-0.05, 0) is 68.8 Å². The zero-order chi connectivity index (χ0) is 15.3. The van der Waals surface area contributed by atoms with Crippen LogP contribution in [0.3, 0.4) is 0 Å². The van der Waals surface area contributed by atoms with Crippen molar-refractivity contribution in [3.63, 3.8) is 0 Å². The molecule has 1 aromatic carbocycles. The van der Waals surface area contributed by atoms with Gasteiger partial charge in [0.05, 0.1) is 9.09 Å². The SMILES string of the molecule is C.CC(=O)c1ccc(Sc2c(C)cc([SH2+])cc2C)s1.[CH2-]C. The molecule has 0 atom stereocenters. The van der Waals surface area contributed by atoms with Crippen molar-refractivity contribution in [3.05, 3.63) is 47.2 Å². The second kappa shape index (κ2) is 9.34. The summed E-state index contributed by atoms with van der Waals surface area (Å²) in [6.45, 7) is 10.8. The highest BCUT2D eigenvalue weighted by molar-refractivity contribution is 8.01. The Kier molecular flexibility index (Phi) is 9.02. The van der Waals surface area contributed by atoms with Crippen molar-refractivity contribution in [1.29, 1.82) is 0 Å². The molecule has 0 saturated heterocycles. The quantitative estimate of drug-likeness (QED) is 0.413. The van der Waals surface area contributed by atoms with Crippen LogP contribution < -0.4 is 0 Å². The first-order valence-electron chi connectivity index (χ1n) is 6.29. The van der Waals surface area contributed by atoms with E-state index in [-0.39, 0.29) is 13.2 Å². The molecule has 0 spiro atoms. The van der Waals surface area contributed by atoms with Gasteiger partial charge in [-0.3, -0.25) is 4.79 Å². The van der Waals surface area contributed by atoms with E-state index < -0.39 is 0 Å². The van der Waals surface area contributed by atoms with Crippen LogP contribution in [-0.2, 0) is 12.6 Å². The number of carbonyl (C=O) groups is 1. The number of hydrogen-bond donors (Lipinski definition) is 0. The summed E-state index contributed by atoms with van der Waals surface area (Å²) in [4.78, 5) is 14.5. The maximum absolute atomic E-state index is 11.3. The molecule has 0 fully saturated rings. The van der Waals surface area contributed by atoms with Crippen molar-refractivity contribution in [2.75, 3.05) is 0 Å². The first kappa shape index (κ1) is 20.3. The minimum absolute atomic E-state index is 0. The number of benzene rings is 1. The summed E-state index contributed by atoms with van der Waals surface area (Å²) in [7, 11) is 0. The predicted molar refractivity (Wildman–Crippen MR) is 101 cm³/mol. The number of thiophene rings is 1. The number of carbonyl (C=O) groups excluding carboxylic acids is 1. The Bertz CT molecular complexity index is 577. The number of Topliss-reactive ketones (excluding diaryl/α,β-unsaturated/α-hetero) is 1. The van der Waals surface area contributed by atoms with Crippen molar-refractivity contribution in [2.24, 2.45) is 0 Å². The number of ketones is 1. The normalized spacial score (nSPS) is 9.43. The minimum atomic E-state index is 0. The van der Waals surface area contributed by atoms with Crippen LogP contribution in [0.1, 0.15) is 42.1 Å². The van der Waals surface area contributed by atoms with Crippen LogP contribution in [0.15, 0.2) is 38.3 Å². The summed E-state index contributed by atoms with van der Waals surface area (Å²) in [5.41, 5.74) is 2.51. The Morgan fingerprint density at radius 2 is 1.71 bits per heavy atom. The average Bonchev–Trinajstić information content (AvgIpc) is 2.85. The molecule has 1 nitrogen and oxygen atoms in total. The van der Waals surface area contributed by atoms with Gasteiger partial charge in [0.25, 0.3) is 0 Å². The van der Waals surface area contributed by atoms with E-state index in [0.29, 0.717) is 0 Å². The Balaban J connectivity index is 0.00000128. The molecular formula is C17H24OS3. The highest BCUT2D eigenvalue weighted by atomic mass is 32.2. The molecule has 1 aromatic heterocycles. The van der Waals surface area contributed by atoms with Gasteiger partial charge in [-0.1, -0.05) is 19.2 Å². The van der Waals surface area contributed by atoms with E-state index in [1.807, 2.05) is 12.1 Å². The molecule has 0 amide bonds. The first-order valence-corrected chi connectivity index (χ1v) is 8.43. The monoisotopic (exact) mass is 340 g/mol. The molecule has 1 heterocycles. The fourth-order valence-corrected chi connectivity index (χ4v) is 4.30. The van der Waals surface area contributed by atoms with Gasteiger partial charge in [0.15, 0.2) is 10.7 Å². The van der Waals surface area contributed by atoms with Gasteiger partial charge in [-0.15, -0.1) is 11.3 Å². The van der Waals surface area contributed by atoms with Crippen LogP contribution in [0.5, 0.6) is 0 Å². The third-order valence-corrected chi connectivity index (χ3v) is 5.55. The number of aryl methyl sites for hydroxylation is 2. The van der Waals surface area contributed by atoms with Crippen LogP contribution in [0, 0.1) is 20.8 Å². The van der Waals surface area contributed by atoms with Crippen LogP contribution >= 0.6 is 23.1 Å². The first-order chi connectivity index (χ1) is 9.47. The summed E-state index contributed by atoms with van der Waals surface area (Å²) in [5.74, 6) is 0.135. The molecule has 0 aliphatic carbocycles. The Labute approximate surface area is 142 Å². The Morgan fingerprint density at radius 3 is 2.14 bits per heavy atom. The predicted octanol–water partition coefficient (Wildman–Crippen LogP) is 5.57. The third-order valence-electron chi connectivity index (χ3n) is 2.59. The second-order valence-corrected chi connectivity index (χ2v) is 7.19. The molecule has 0 aliphatic heterocycles. The maximum Gasteiger partial charge on any atom is 0.169 e. The molecule has 0 radical (unpaired) electrons. The zero-order valence-corrected chi connectivity index (χ0v) is 14.9. The van der Waals surface area contributed by atoms with Gasteiger partial charge < -0.3 is 6.92 Å². The smallest absolute Gasteiger partial charge is 0.169 e. The summed E-state index contributed by atoms with van der Waals surface area (Å²) in [6, 6.07) is 8.16. The number of hydrogen-bond acceptors (Lipinski definition) is 3. The number of rotatable bonds is 3. The van der Waals surface area contributed by atoms with Gasteiger partial charge in [-0.25, -0.2) is 0 Å². The van der Waals surface area contributed by atoms with Gasteiger partial charge in [-0.2, -0.15) is 6.92 Å². The lowest BCUT2D eigenvalue weighted by atomic mass is 10.1. The summed E-state index contributed by atoms with van der Waals surface area (Å²) >= 11 is 6.85.